The van der Waals surface area contributed by atoms with Crippen LogP contribution in [0.1, 0.15) is 11.1 Å². The molecule has 0 aliphatic heterocycles. The second-order valence-electron chi connectivity index (χ2n) is 8.04. The van der Waals surface area contributed by atoms with Gasteiger partial charge in [-0.05, 0) is 48.0 Å². The summed E-state index contributed by atoms with van der Waals surface area (Å²) in [5, 5.41) is 15.9. The van der Waals surface area contributed by atoms with Crippen molar-refractivity contribution in [1.29, 1.82) is 0 Å². The van der Waals surface area contributed by atoms with Crippen LogP contribution in [0.5, 0.6) is 11.5 Å². The number of aromatic hydroxyl groups is 1. The number of hydrazone groups is 1. The van der Waals surface area contributed by atoms with E-state index in [0.29, 0.717) is 11.3 Å². The smallest absolute Gasteiger partial charge is 0.264 e. The van der Waals surface area contributed by atoms with E-state index in [4.69, 9.17) is 4.74 Å². The summed E-state index contributed by atoms with van der Waals surface area (Å²) >= 11 is 0. The predicted molar refractivity (Wildman–Crippen MR) is 140 cm³/mol. The molecule has 0 saturated heterocycles. The van der Waals surface area contributed by atoms with Crippen molar-refractivity contribution in [1.82, 2.24) is 5.43 Å². The number of methoxy groups -OCH3 is 1. The minimum Gasteiger partial charge on any atom is -0.507 e. The number of nitrogens with one attached hydrogen (secondary N) is 1. The molecule has 1 amide bonds. The molecule has 0 atom stereocenters. The van der Waals surface area contributed by atoms with Gasteiger partial charge in [0, 0.05) is 11.6 Å². The van der Waals surface area contributed by atoms with E-state index in [0.717, 1.165) is 20.6 Å². The zero-order valence-electron chi connectivity index (χ0n) is 19.8. The SMILES string of the molecule is COc1cccc(N(CC(=O)N/N=C\c2c(O)ccc3ccccc23)S(=O)(=O)c2ccc(C)cc2)c1. The zero-order valence-corrected chi connectivity index (χ0v) is 20.6. The van der Waals surface area contributed by atoms with Crippen LogP contribution in [0.25, 0.3) is 10.8 Å². The number of carbonyl (C=O) groups excluding carboxylic acids is 1. The van der Waals surface area contributed by atoms with Gasteiger partial charge in [-0.25, -0.2) is 13.8 Å². The Morgan fingerprint density at radius 3 is 2.53 bits per heavy atom. The lowest BCUT2D eigenvalue weighted by Crippen LogP contribution is -2.39. The van der Waals surface area contributed by atoms with E-state index >= 15 is 0 Å². The third-order valence-corrected chi connectivity index (χ3v) is 7.36. The number of phenolic OH excluding ortho intramolecular Hbond substituents is 1. The van der Waals surface area contributed by atoms with Gasteiger partial charge in [-0.15, -0.1) is 0 Å². The fourth-order valence-electron chi connectivity index (χ4n) is 3.67. The van der Waals surface area contributed by atoms with E-state index in [9.17, 15) is 18.3 Å². The Labute approximate surface area is 209 Å². The topological polar surface area (TPSA) is 108 Å². The maximum Gasteiger partial charge on any atom is 0.264 e. The number of benzene rings is 4. The van der Waals surface area contributed by atoms with Gasteiger partial charge >= 0.3 is 0 Å². The summed E-state index contributed by atoms with van der Waals surface area (Å²) in [6.07, 6.45) is 1.33. The molecule has 4 rings (SSSR count). The molecular formula is C27H25N3O5S. The van der Waals surface area contributed by atoms with Gasteiger partial charge in [0.15, 0.2) is 0 Å². The molecule has 36 heavy (non-hydrogen) atoms. The number of hydrogen-bond donors (Lipinski definition) is 2. The number of phenols is 1. The van der Waals surface area contributed by atoms with E-state index in [-0.39, 0.29) is 16.3 Å². The summed E-state index contributed by atoms with van der Waals surface area (Å²) in [7, 11) is -2.60. The van der Waals surface area contributed by atoms with Crippen LogP contribution >= 0.6 is 0 Å². The Morgan fingerprint density at radius 2 is 1.78 bits per heavy atom. The maximum atomic E-state index is 13.5. The summed E-state index contributed by atoms with van der Waals surface area (Å²) in [4.78, 5) is 12.9. The van der Waals surface area contributed by atoms with Gasteiger partial charge in [-0.3, -0.25) is 9.10 Å². The first-order valence-corrected chi connectivity index (χ1v) is 12.5. The molecule has 0 saturated carbocycles. The number of ether oxygens (including phenoxy) is 1. The van der Waals surface area contributed by atoms with Crippen molar-refractivity contribution in [3.63, 3.8) is 0 Å². The monoisotopic (exact) mass is 503 g/mol. The Morgan fingerprint density at radius 1 is 1.03 bits per heavy atom. The Hall–Kier alpha value is -4.37. The van der Waals surface area contributed by atoms with E-state index in [1.807, 2.05) is 31.2 Å². The van der Waals surface area contributed by atoms with Crippen LogP contribution in [0, 0.1) is 6.92 Å². The fourth-order valence-corrected chi connectivity index (χ4v) is 5.09. The number of sulfonamides is 1. The van der Waals surface area contributed by atoms with Crippen LogP contribution in [0.2, 0.25) is 0 Å². The average molecular weight is 504 g/mol. The summed E-state index contributed by atoms with van der Waals surface area (Å²) in [5.74, 6) is -0.211. The lowest BCUT2D eigenvalue weighted by molar-refractivity contribution is -0.119. The number of carbonyl (C=O) groups is 1. The normalized spacial score (nSPS) is 11.5. The number of aryl methyl sites for hydroxylation is 1. The van der Waals surface area contributed by atoms with Crippen molar-refractivity contribution in [2.45, 2.75) is 11.8 Å². The third kappa shape index (κ3) is 5.31. The molecule has 8 nitrogen and oxygen atoms in total. The van der Waals surface area contributed by atoms with Gasteiger partial charge < -0.3 is 9.84 Å². The first-order valence-electron chi connectivity index (χ1n) is 11.1. The van der Waals surface area contributed by atoms with Crippen LogP contribution in [0.3, 0.4) is 0 Å². The van der Waals surface area contributed by atoms with Gasteiger partial charge in [0.2, 0.25) is 0 Å². The van der Waals surface area contributed by atoms with Crippen LogP contribution < -0.4 is 14.5 Å². The summed E-state index contributed by atoms with van der Waals surface area (Å²) in [6.45, 7) is 1.33. The van der Waals surface area contributed by atoms with Crippen molar-refractivity contribution in [2.75, 3.05) is 18.0 Å². The minimum absolute atomic E-state index is 0.00616. The molecule has 4 aromatic carbocycles. The van der Waals surface area contributed by atoms with Crippen molar-refractivity contribution >= 4 is 38.6 Å². The van der Waals surface area contributed by atoms with Crippen LogP contribution in [0.15, 0.2) is 94.9 Å². The highest BCUT2D eigenvalue weighted by atomic mass is 32.2. The van der Waals surface area contributed by atoms with E-state index < -0.39 is 22.5 Å². The van der Waals surface area contributed by atoms with Crippen LogP contribution in [-0.2, 0) is 14.8 Å². The highest BCUT2D eigenvalue weighted by Gasteiger charge is 2.27. The molecule has 0 aliphatic carbocycles. The van der Waals surface area contributed by atoms with Crippen LogP contribution in [-0.4, -0.2) is 39.3 Å². The number of fused-ring (bicyclic) bond motifs is 1. The number of rotatable bonds is 8. The van der Waals surface area contributed by atoms with E-state index in [1.165, 1.54) is 31.5 Å². The molecule has 2 N–H and O–H groups in total. The zero-order chi connectivity index (χ0) is 25.7. The molecule has 0 radical (unpaired) electrons. The summed E-state index contributed by atoms with van der Waals surface area (Å²) < 4.78 is 33.2. The second kappa shape index (κ2) is 10.5. The Balaban J connectivity index is 1.61. The molecule has 0 aromatic heterocycles. The fraction of sp³-hybridized carbons (Fsp3) is 0.111. The number of hydrogen-bond acceptors (Lipinski definition) is 6. The molecule has 0 heterocycles. The molecule has 0 bridgehead atoms. The molecule has 4 aromatic rings. The van der Waals surface area contributed by atoms with E-state index in [1.54, 1.807) is 42.5 Å². The first kappa shape index (κ1) is 24.7. The van der Waals surface area contributed by atoms with Crippen molar-refractivity contribution in [3.8, 4) is 11.5 Å². The Bertz CT molecular complexity index is 1530. The van der Waals surface area contributed by atoms with E-state index in [2.05, 4.69) is 10.5 Å². The summed E-state index contributed by atoms with van der Waals surface area (Å²) in [5.41, 5.74) is 3.97. The molecule has 0 fully saturated rings. The quantitative estimate of drug-likeness (QED) is 0.277. The molecule has 0 aliphatic rings. The Kier molecular flexibility index (Phi) is 7.21. The predicted octanol–water partition coefficient (Wildman–Crippen LogP) is 4.21. The largest absolute Gasteiger partial charge is 0.507 e. The third-order valence-electron chi connectivity index (χ3n) is 5.57. The lowest BCUT2D eigenvalue weighted by atomic mass is 10.0. The number of nitrogens with zero attached hydrogens (tertiary/aromatic N) is 2. The number of anilines is 1. The molecule has 0 spiro atoms. The minimum atomic E-state index is -4.08. The highest BCUT2D eigenvalue weighted by molar-refractivity contribution is 7.92. The second-order valence-corrected chi connectivity index (χ2v) is 9.90. The van der Waals surface area contributed by atoms with Crippen molar-refractivity contribution in [3.05, 3.63) is 96.1 Å². The van der Waals surface area contributed by atoms with Gasteiger partial charge in [0.25, 0.3) is 15.9 Å². The highest BCUT2D eigenvalue weighted by Crippen LogP contribution is 2.27. The molecule has 0 unspecified atom stereocenters. The van der Waals surface area contributed by atoms with Gasteiger partial charge in [-0.1, -0.05) is 54.1 Å². The average Bonchev–Trinajstić information content (AvgIpc) is 2.88. The molecular weight excluding hydrogens is 478 g/mol. The first-order chi connectivity index (χ1) is 17.3. The number of amides is 1. The maximum absolute atomic E-state index is 13.5. The van der Waals surface area contributed by atoms with Crippen molar-refractivity contribution < 1.29 is 23.1 Å². The standard InChI is InChI=1S/C27H25N3O5S/c1-19-10-13-23(14-11-19)36(33,34)30(21-7-5-8-22(16-21)35-2)18-27(32)29-28-17-25-24-9-4-3-6-20(24)12-15-26(25)31/h3-17,31H,18H2,1-2H3,(H,29,32)/b28-17-. The van der Waals surface area contributed by atoms with Gasteiger partial charge in [0.1, 0.15) is 18.0 Å². The van der Waals surface area contributed by atoms with Gasteiger partial charge in [-0.2, -0.15) is 5.10 Å². The van der Waals surface area contributed by atoms with Crippen molar-refractivity contribution in [2.24, 2.45) is 5.10 Å². The summed E-state index contributed by atoms with van der Waals surface area (Å²) in [6, 6.07) is 23.6. The molecule has 9 heteroatoms. The lowest BCUT2D eigenvalue weighted by Gasteiger charge is -2.24. The van der Waals surface area contributed by atoms with Crippen LogP contribution in [0.4, 0.5) is 5.69 Å². The molecule has 184 valence electrons. The van der Waals surface area contributed by atoms with Gasteiger partial charge in [0.05, 0.1) is 23.9 Å².